The van der Waals surface area contributed by atoms with E-state index in [4.69, 9.17) is 9.84 Å². The van der Waals surface area contributed by atoms with E-state index in [1.807, 2.05) is 13.0 Å². The van der Waals surface area contributed by atoms with Crippen molar-refractivity contribution in [3.8, 4) is 0 Å². The van der Waals surface area contributed by atoms with Gasteiger partial charge in [-0.05, 0) is 43.1 Å². The van der Waals surface area contributed by atoms with Gasteiger partial charge >= 0.3 is 5.97 Å². The summed E-state index contributed by atoms with van der Waals surface area (Å²) in [6.45, 7) is 3.64. The van der Waals surface area contributed by atoms with Gasteiger partial charge in [-0.3, -0.25) is 4.79 Å². The molecule has 0 saturated carbocycles. The van der Waals surface area contributed by atoms with Crippen LogP contribution in [0.3, 0.4) is 0 Å². The van der Waals surface area contributed by atoms with E-state index in [1.165, 1.54) is 30.8 Å². The number of unbranched alkanes of at least 4 members (excludes halogenated alkanes) is 3. The third-order valence-corrected chi connectivity index (χ3v) is 5.16. The summed E-state index contributed by atoms with van der Waals surface area (Å²) in [4.78, 5) is 10.4. The zero-order valence-corrected chi connectivity index (χ0v) is 13.4. The number of carboxylic acids is 1. The molecule has 116 valence electrons. The average molecular weight is 300 g/mol. The van der Waals surface area contributed by atoms with Gasteiger partial charge in [0.05, 0.1) is 13.2 Å². The summed E-state index contributed by atoms with van der Waals surface area (Å²) in [6.07, 6.45) is 9.95. The SMILES string of the molecule is CC=CCOC[C@@H]1CSC[C@@H]1CCCCCCC(=O)O. The van der Waals surface area contributed by atoms with Crippen LogP contribution in [0.2, 0.25) is 0 Å². The molecule has 1 heterocycles. The number of carboxylic acid groups (broad SMARTS) is 1. The van der Waals surface area contributed by atoms with E-state index < -0.39 is 5.97 Å². The molecule has 0 bridgehead atoms. The van der Waals surface area contributed by atoms with Crippen LogP contribution in [0.5, 0.6) is 0 Å². The van der Waals surface area contributed by atoms with Crippen molar-refractivity contribution in [1.82, 2.24) is 0 Å². The molecule has 1 fully saturated rings. The first-order chi connectivity index (χ1) is 9.74. The number of aliphatic carboxylic acids is 1. The molecule has 2 atom stereocenters. The Labute approximate surface area is 127 Å². The van der Waals surface area contributed by atoms with Crippen molar-refractivity contribution < 1.29 is 14.6 Å². The van der Waals surface area contributed by atoms with Crippen molar-refractivity contribution in [2.24, 2.45) is 11.8 Å². The molecule has 0 aromatic heterocycles. The molecule has 20 heavy (non-hydrogen) atoms. The van der Waals surface area contributed by atoms with Gasteiger partial charge in [0.2, 0.25) is 0 Å². The molecule has 0 aromatic carbocycles. The normalized spacial score (nSPS) is 22.6. The first-order valence-corrected chi connectivity index (χ1v) is 8.88. The summed E-state index contributed by atoms with van der Waals surface area (Å²) in [5.74, 6) is 3.34. The number of thioether (sulfide) groups is 1. The van der Waals surface area contributed by atoms with Crippen LogP contribution < -0.4 is 0 Å². The quantitative estimate of drug-likeness (QED) is 0.463. The summed E-state index contributed by atoms with van der Waals surface area (Å²) in [7, 11) is 0. The summed E-state index contributed by atoms with van der Waals surface area (Å²) in [5, 5.41) is 8.58. The molecule has 0 radical (unpaired) electrons. The number of rotatable bonds is 11. The fraction of sp³-hybridized carbons (Fsp3) is 0.812. The molecular weight excluding hydrogens is 272 g/mol. The van der Waals surface area contributed by atoms with E-state index in [1.54, 1.807) is 0 Å². The van der Waals surface area contributed by atoms with E-state index >= 15 is 0 Å². The van der Waals surface area contributed by atoms with Gasteiger partial charge in [0.15, 0.2) is 0 Å². The molecule has 4 heteroatoms. The summed E-state index contributed by atoms with van der Waals surface area (Å²) in [5.41, 5.74) is 0. The number of allylic oxidation sites excluding steroid dienone is 1. The summed E-state index contributed by atoms with van der Waals surface area (Å²) >= 11 is 2.05. The second-order valence-electron chi connectivity index (χ2n) is 5.51. The Balaban J connectivity index is 2.04. The molecule has 1 aliphatic rings. The smallest absolute Gasteiger partial charge is 0.303 e. The van der Waals surface area contributed by atoms with Gasteiger partial charge in [0.1, 0.15) is 0 Å². The van der Waals surface area contributed by atoms with E-state index in [9.17, 15) is 4.79 Å². The minimum atomic E-state index is -0.671. The van der Waals surface area contributed by atoms with Gasteiger partial charge in [-0.25, -0.2) is 0 Å². The Morgan fingerprint density at radius 1 is 1.25 bits per heavy atom. The molecule has 1 saturated heterocycles. The third-order valence-electron chi connectivity index (χ3n) is 3.83. The highest BCUT2D eigenvalue weighted by atomic mass is 32.2. The summed E-state index contributed by atoms with van der Waals surface area (Å²) in [6, 6.07) is 0. The lowest BCUT2D eigenvalue weighted by molar-refractivity contribution is -0.137. The molecule has 0 unspecified atom stereocenters. The van der Waals surface area contributed by atoms with E-state index in [2.05, 4.69) is 17.8 Å². The van der Waals surface area contributed by atoms with Crippen LogP contribution in [-0.4, -0.2) is 35.8 Å². The molecule has 1 aliphatic heterocycles. The van der Waals surface area contributed by atoms with Gasteiger partial charge in [-0.1, -0.05) is 31.4 Å². The van der Waals surface area contributed by atoms with Crippen molar-refractivity contribution in [2.75, 3.05) is 24.7 Å². The topological polar surface area (TPSA) is 46.5 Å². The largest absolute Gasteiger partial charge is 0.481 e. The highest BCUT2D eigenvalue weighted by Gasteiger charge is 2.27. The zero-order valence-electron chi connectivity index (χ0n) is 12.6. The van der Waals surface area contributed by atoms with Crippen LogP contribution in [0, 0.1) is 11.8 Å². The lowest BCUT2D eigenvalue weighted by atomic mass is 9.91. The maximum atomic E-state index is 10.4. The highest BCUT2D eigenvalue weighted by Crippen LogP contribution is 2.33. The maximum Gasteiger partial charge on any atom is 0.303 e. The van der Waals surface area contributed by atoms with Crippen LogP contribution in [-0.2, 0) is 9.53 Å². The van der Waals surface area contributed by atoms with E-state index in [-0.39, 0.29) is 0 Å². The Morgan fingerprint density at radius 2 is 2.00 bits per heavy atom. The van der Waals surface area contributed by atoms with Crippen molar-refractivity contribution in [2.45, 2.75) is 45.4 Å². The van der Waals surface area contributed by atoms with Crippen molar-refractivity contribution >= 4 is 17.7 Å². The molecule has 3 nitrogen and oxygen atoms in total. The average Bonchev–Trinajstić information content (AvgIpc) is 2.86. The van der Waals surface area contributed by atoms with Gasteiger partial charge in [-0.2, -0.15) is 11.8 Å². The van der Waals surface area contributed by atoms with Gasteiger partial charge in [0.25, 0.3) is 0 Å². The lowest BCUT2D eigenvalue weighted by Gasteiger charge is -2.18. The number of ether oxygens (including phenoxy) is 1. The predicted molar refractivity (Wildman–Crippen MR) is 85.3 cm³/mol. The van der Waals surface area contributed by atoms with Gasteiger partial charge in [-0.15, -0.1) is 0 Å². The van der Waals surface area contributed by atoms with Crippen LogP contribution >= 0.6 is 11.8 Å². The second kappa shape index (κ2) is 11.2. The zero-order chi connectivity index (χ0) is 14.6. The Bertz CT molecular complexity index is 291. The second-order valence-corrected chi connectivity index (χ2v) is 6.59. The molecular formula is C16H28O3S. The molecule has 0 spiro atoms. The predicted octanol–water partition coefficient (Wildman–Crippen LogP) is 3.98. The van der Waals surface area contributed by atoms with E-state index in [0.717, 1.165) is 32.0 Å². The number of hydrogen-bond acceptors (Lipinski definition) is 3. The Kier molecular flexibility index (Phi) is 9.85. The molecule has 0 amide bonds. The van der Waals surface area contributed by atoms with Crippen LogP contribution in [0.15, 0.2) is 12.2 Å². The monoisotopic (exact) mass is 300 g/mol. The molecule has 1 rings (SSSR count). The molecule has 1 N–H and O–H groups in total. The third kappa shape index (κ3) is 7.95. The fourth-order valence-electron chi connectivity index (χ4n) is 2.57. The van der Waals surface area contributed by atoms with Crippen LogP contribution in [0.1, 0.15) is 45.4 Å². The van der Waals surface area contributed by atoms with Crippen molar-refractivity contribution in [3.63, 3.8) is 0 Å². The standard InChI is InChI=1S/C16H28O3S/c1-2-3-10-19-11-15-13-20-12-14(15)8-6-4-5-7-9-16(17)18/h2-3,14-15H,4-13H2,1H3,(H,17,18)/t14-,15+/m0/s1. The van der Waals surface area contributed by atoms with Crippen molar-refractivity contribution in [1.29, 1.82) is 0 Å². The lowest BCUT2D eigenvalue weighted by Crippen LogP contribution is -2.18. The highest BCUT2D eigenvalue weighted by molar-refractivity contribution is 7.99. The van der Waals surface area contributed by atoms with Crippen LogP contribution in [0.4, 0.5) is 0 Å². The molecule has 0 aromatic rings. The van der Waals surface area contributed by atoms with Gasteiger partial charge < -0.3 is 9.84 Å². The number of carbonyl (C=O) groups is 1. The fourth-order valence-corrected chi connectivity index (χ4v) is 4.11. The minimum Gasteiger partial charge on any atom is -0.481 e. The Morgan fingerprint density at radius 3 is 2.75 bits per heavy atom. The Hall–Kier alpha value is -0.480. The first-order valence-electron chi connectivity index (χ1n) is 7.72. The summed E-state index contributed by atoms with van der Waals surface area (Å²) < 4.78 is 5.69. The van der Waals surface area contributed by atoms with Crippen molar-refractivity contribution in [3.05, 3.63) is 12.2 Å². The molecule has 0 aliphatic carbocycles. The first kappa shape index (κ1) is 17.6. The van der Waals surface area contributed by atoms with E-state index in [0.29, 0.717) is 12.3 Å². The maximum absolute atomic E-state index is 10.4. The van der Waals surface area contributed by atoms with Gasteiger partial charge in [0, 0.05) is 6.42 Å². The number of hydrogen-bond donors (Lipinski definition) is 1. The minimum absolute atomic E-state index is 0.320. The van der Waals surface area contributed by atoms with Crippen LogP contribution in [0.25, 0.3) is 0 Å².